The van der Waals surface area contributed by atoms with Crippen molar-refractivity contribution in [1.82, 2.24) is 0 Å². The lowest BCUT2D eigenvalue weighted by atomic mass is 10.00. The van der Waals surface area contributed by atoms with Crippen LogP contribution in [-0.4, -0.2) is 12.7 Å². The highest BCUT2D eigenvalue weighted by molar-refractivity contribution is 5.30. The molecule has 0 unspecified atom stereocenters. The van der Waals surface area contributed by atoms with Gasteiger partial charge in [-0.3, -0.25) is 0 Å². The van der Waals surface area contributed by atoms with E-state index in [9.17, 15) is 13.2 Å². The Hall–Kier alpha value is -1.85. The van der Waals surface area contributed by atoms with Gasteiger partial charge in [0.15, 0.2) is 0 Å². The van der Waals surface area contributed by atoms with Crippen LogP contribution in [-0.2, 0) is 0 Å². The van der Waals surface area contributed by atoms with Crippen molar-refractivity contribution in [2.75, 3.05) is 6.54 Å². The highest BCUT2D eigenvalue weighted by atomic mass is 19.4. The Balaban J connectivity index is 0.000000286. The molecule has 2 rings (SSSR count). The van der Waals surface area contributed by atoms with E-state index in [0.717, 1.165) is 11.1 Å². The molecule has 2 aromatic carbocycles. The van der Waals surface area contributed by atoms with Crippen LogP contribution in [0.2, 0.25) is 0 Å². The van der Waals surface area contributed by atoms with Crippen molar-refractivity contribution in [3.63, 3.8) is 0 Å². The molecule has 0 aliphatic carbocycles. The number of hydrogen-bond donors (Lipinski definition) is 2. The Kier molecular flexibility index (Phi) is 6.21. The third-order valence-electron chi connectivity index (χ3n) is 2.55. The zero-order valence-corrected chi connectivity index (χ0v) is 10.8. The van der Waals surface area contributed by atoms with E-state index in [1.165, 1.54) is 0 Å². The van der Waals surface area contributed by atoms with Gasteiger partial charge >= 0.3 is 6.18 Å². The largest absolute Gasteiger partial charge is 0.400 e. The van der Waals surface area contributed by atoms with Crippen LogP contribution in [0.15, 0.2) is 60.7 Å². The highest BCUT2D eigenvalue weighted by Crippen LogP contribution is 2.18. The number of nitrogens with two attached hydrogens (primary N) is 2. The first-order chi connectivity index (χ1) is 9.44. The predicted octanol–water partition coefficient (Wildman–Crippen LogP) is 3.24. The lowest BCUT2D eigenvalue weighted by Crippen LogP contribution is -2.21. The van der Waals surface area contributed by atoms with Crippen LogP contribution in [0.5, 0.6) is 0 Å². The van der Waals surface area contributed by atoms with Gasteiger partial charge in [0.05, 0.1) is 12.6 Å². The Morgan fingerprint density at radius 2 is 1.10 bits per heavy atom. The van der Waals surface area contributed by atoms with E-state index in [-0.39, 0.29) is 6.04 Å². The Morgan fingerprint density at radius 3 is 1.35 bits per heavy atom. The van der Waals surface area contributed by atoms with Gasteiger partial charge in [0.2, 0.25) is 0 Å². The molecule has 2 aromatic rings. The summed E-state index contributed by atoms with van der Waals surface area (Å²) in [6.07, 6.45) is -4.18. The van der Waals surface area contributed by atoms with Crippen molar-refractivity contribution in [2.45, 2.75) is 12.2 Å². The van der Waals surface area contributed by atoms with E-state index in [0.29, 0.717) is 0 Å². The average molecular weight is 282 g/mol. The number of hydrogen-bond acceptors (Lipinski definition) is 2. The lowest BCUT2D eigenvalue weighted by Gasteiger charge is -2.11. The molecule has 2 nitrogen and oxygen atoms in total. The van der Waals surface area contributed by atoms with E-state index in [1.54, 1.807) is 0 Å². The van der Waals surface area contributed by atoms with Crippen LogP contribution in [0.25, 0.3) is 0 Å². The standard InChI is InChI=1S/C13H13N.C2H4F3N/c14-13(11-7-3-1-4-8-11)12-9-5-2-6-10-12;3-2(4,5)1-6/h1-10,13H,14H2;1,6H2. The van der Waals surface area contributed by atoms with Gasteiger partial charge < -0.3 is 11.5 Å². The molecular formula is C15H17F3N2. The Morgan fingerprint density at radius 1 is 0.800 bits per heavy atom. The molecule has 0 amide bonds. The van der Waals surface area contributed by atoms with Crippen LogP contribution in [0.4, 0.5) is 13.2 Å². The molecule has 0 fully saturated rings. The van der Waals surface area contributed by atoms with E-state index in [1.807, 2.05) is 36.4 Å². The molecule has 0 spiro atoms. The second-order valence-corrected chi connectivity index (χ2v) is 4.12. The maximum Gasteiger partial charge on any atom is 0.400 e. The molecule has 0 saturated carbocycles. The van der Waals surface area contributed by atoms with Crippen molar-refractivity contribution < 1.29 is 13.2 Å². The molecule has 0 aliphatic heterocycles. The molecular weight excluding hydrogens is 265 g/mol. The van der Waals surface area contributed by atoms with Gasteiger partial charge in [-0.25, -0.2) is 0 Å². The van der Waals surface area contributed by atoms with Crippen LogP contribution in [0.1, 0.15) is 17.2 Å². The fraction of sp³-hybridized carbons (Fsp3) is 0.200. The van der Waals surface area contributed by atoms with Crippen molar-refractivity contribution in [2.24, 2.45) is 11.5 Å². The maximum atomic E-state index is 10.7. The van der Waals surface area contributed by atoms with Crippen molar-refractivity contribution in [3.8, 4) is 0 Å². The zero-order chi connectivity index (χ0) is 15.0. The van der Waals surface area contributed by atoms with Gasteiger partial charge in [0, 0.05) is 0 Å². The zero-order valence-electron chi connectivity index (χ0n) is 10.8. The van der Waals surface area contributed by atoms with E-state index in [2.05, 4.69) is 30.0 Å². The molecule has 0 saturated heterocycles. The predicted molar refractivity (Wildman–Crippen MR) is 74.0 cm³/mol. The Bertz CT molecular complexity index is 444. The second kappa shape index (κ2) is 7.67. The molecule has 0 radical (unpaired) electrons. The van der Waals surface area contributed by atoms with Crippen molar-refractivity contribution in [3.05, 3.63) is 71.8 Å². The summed E-state index contributed by atoms with van der Waals surface area (Å²) in [7, 11) is 0. The van der Waals surface area contributed by atoms with Crippen LogP contribution in [0.3, 0.4) is 0 Å². The van der Waals surface area contributed by atoms with E-state index < -0.39 is 12.7 Å². The normalized spacial score (nSPS) is 10.9. The molecule has 0 atom stereocenters. The molecule has 0 aliphatic rings. The smallest absolute Gasteiger partial charge is 0.323 e. The summed E-state index contributed by atoms with van der Waals surface area (Å²) >= 11 is 0. The summed E-state index contributed by atoms with van der Waals surface area (Å²) in [6.45, 7) is -1.23. The Labute approximate surface area is 116 Å². The summed E-state index contributed by atoms with van der Waals surface area (Å²) in [5, 5.41) is 0. The summed E-state index contributed by atoms with van der Waals surface area (Å²) in [6, 6.07) is 20.2. The van der Waals surface area contributed by atoms with Crippen molar-refractivity contribution in [1.29, 1.82) is 0 Å². The number of alkyl halides is 3. The minimum atomic E-state index is -4.18. The minimum absolute atomic E-state index is 0.0163. The third kappa shape index (κ3) is 5.86. The topological polar surface area (TPSA) is 52.0 Å². The highest BCUT2D eigenvalue weighted by Gasteiger charge is 2.23. The lowest BCUT2D eigenvalue weighted by molar-refractivity contribution is -0.118. The first-order valence-corrected chi connectivity index (χ1v) is 6.06. The molecule has 0 bridgehead atoms. The van der Waals surface area contributed by atoms with Gasteiger partial charge in [-0.1, -0.05) is 60.7 Å². The fourth-order valence-electron chi connectivity index (χ4n) is 1.51. The summed E-state index contributed by atoms with van der Waals surface area (Å²) in [4.78, 5) is 0. The number of halogens is 3. The van der Waals surface area contributed by atoms with Crippen LogP contribution < -0.4 is 11.5 Å². The quantitative estimate of drug-likeness (QED) is 0.888. The number of rotatable bonds is 2. The average Bonchev–Trinajstić information content (AvgIpc) is 2.48. The van der Waals surface area contributed by atoms with Gasteiger partial charge in [-0.2, -0.15) is 13.2 Å². The van der Waals surface area contributed by atoms with Crippen molar-refractivity contribution >= 4 is 0 Å². The van der Waals surface area contributed by atoms with Gasteiger partial charge in [-0.05, 0) is 11.1 Å². The molecule has 108 valence electrons. The van der Waals surface area contributed by atoms with Crippen LogP contribution >= 0.6 is 0 Å². The summed E-state index contributed by atoms with van der Waals surface area (Å²) in [5.74, 6) is 0. The summed E-state index contributed by atoms with van der Waals surface area (Å²) in [5.41, 5.74) is 12.6. The van der Waals surface area contributed by atoms with Gasteiger partial charge in [-0.15, -0.1) is 0 Å². The number of benzene rings is 2. The first kappa shape index (κ1) is 16.2. The minimum Gasteiger partial charge on any atom is -0.323 e. The molecule has 0 heterocycles. The maximum absolute atomic E-state index is 10.7. The van der Waals surface area contributed by atoms with Crippen LogP contribution in [0, 0.1) is 0 Å². The first-order valence-electron chi connectivity index (χ1n) is 6.06. The SMILES string of the molecule is NC(c1ccccc1)c1ccccc1.NCC(F)(F)F. The van der Waals surface area contributed by atoms with Gasteiger partial charge in [0.25, 0.3) is 0 Å². The molecule has 4 N–H and O–H groups in total. The molecule has 0 aromatic heterocycles. The fourth-order valence-corrected chi connectivity index (χ4v) is 1.51. The molecule has 5 heteroatoms. The van der Waals surface area contributed by atoms with Gasteiger partial charge in [0.1, 0.15) is 0 Å². The monoisotopic (exact) mass is 282 g/mol. The van der Waals surface area contributed by atoms with E-state index in [4.69, 9.17) is 5.73 Å². The second-order valence-electron chi connectivity index (χ2n) is 4.12. The molecule has 20 heavy (non-hydrogen) atoms. The summed E-state index contributed by atoms with van der Waals surface area (Å²) < 4.78 is 32.0. The third-order valence-corrected chi connectivity index (χ3v) is 2.55. The van der Waals surface area contributed by atoms with E-state index >= 15 is 0 Å².